The summed E-state index contributed by atoms with van der Waals surface area (Å²) in [6.07, 6.45) is 2.93. The molecule has 0 unspecified atom stereocenters. The molecule has 4 N–H and O–H groups in total. The van der Waals surface area contributed by atoms with Crippen LogP contribution in [0.3, 0.4) is 0 Å². The maximum atomic E-state index is 12.9. The molecular formula is C20H29ClN4O4. The van der Waals surface area contributed by atoms with Crippen LogP contribution < -0.4 is 21.1 Å². The number of anilines is 1. The predicted molar refractivity (Wildman–Crippen MR) is 112 cm³/mol. The number of rotatable bonds is 6. The molecule has 3 rings (SSSR count). The van der Waals surface area contributed by atoms with Gasteiger partial charge in [-0.1, -0.05) is 11.6 Å². The minimum atomic E-state index is -0.387. The highest BCUT2D eigenvalue weighted by molar-refractivity contribution is 6.33. The second kappa shape index (κ2) is 10.0. The summed E-state index contributed by atoms with van der Waals surface area (Å²) in [4.78, 5) is 26.4. The zero-order valence-corrected chi connectivity index (χ0v) is 17.5. The van der Waals surface area contributed by atoms with Gasteiger partial charge in [-0.3, -0.25) is 4.79 Å². The fraction of sp³-hybridized carbons (Fsp3) is 0.600. The Morgan fingerprint density at radius 1 is 1.38 bits per heavy atom. The molecule has 2 amide bonds. The number of nitrogen functional groups attached to an aromatic ring is 1. The van der Waals surface area contributed by atoms with Gasteiger partial charge in [0.25, 0.3) is 5.91 Å². The molecule has 9 heteroatoms. The Bertz CT molecular complexity index is 750. The highest BCUT2D eigenvalue weighted by Gasteiger charge is 2.26. The van der Waals surface area contributed by atoms with E-state index in [1.807, 2.05) is 0 Å². The van der Waals surface area contributed by atoms with Crippen LogP contribution in [0.25, 0.3) is 0 Å². The maximum absolute atomic E-state index is 12.9. The lowest BCUT2D eigenvalue weighted by atomic mass is 9.99. The lowest BCUT2D eigenvalue weighted by Crippen LogP contribution is -2.46. The lowest BCUT2D eigenvalue weighted by Gasteiger charge is -2.32. The Morgan fingerprint density at radius 3 is 2.86 bits per heavy atom. The standard InChI is InChI=1S/C20H29ClN4O4/c1-2-28-20(27)23-7-10-25-8-5-13(6-9-25)24-19(26)15-12-16(21)17(22)14-4-3-11-29-18(14)15/h12-13H,2-11,22H2,1H3,(H,23,27)(H,24,26). The number of fused-ring (bicyclic) bond motifs is 1. The molecule has 1 saturated heterocycles. The first kappa shape index (κ1) is 21.5. The topological polar surface area (TPSA) is 106 Å². The van der Waals surface area contributed by atoms with Crippen molar-refractivity contribution in [1.82, 2.24) is 15.5 Å². The molecule has 0 aromatic heterocycles. The van der Waals surface area contributed by atoms with E-state index in [4.69, 9.17) is 26.8 Å². The molecule has 0 bridgehead atoms. The molecule has 8 nitrogen and oxygen atoms in total. The van der Waals surface area contributed by atoms with Crippen molar-refractivity contribution in [3.8, 4) is 5.75 Å². The molecule has 1 aromatic carbocycles. The monoisotopic (exact) mass is 424 g/mol. The molecular weight excluding hydrogens is 396 g/mol. The van der Waals surface area contributed by atoms with E-state index in [-0.39, 0.29) is 18.0 Å². The Labute approximate surface area is 176 Å². The zero-order valence-electron chi connectivity index (χ0n) is 16.8. The number of carbonyl (C=O) groups excluding carboxylic acids is 2. The van der Waals surface area contributed by atoms with E-state index < -0.39 is 0 Å². The summed E-state index contributed by atoms with van der Waals surface area (Å²) in [6.45, 7) is 5.73. The molecule has 0 aliphatic carbocycles. The normalized spacial score (nSPS) is 17.2. The number of carbonyl (C=O) groups is 2. The number of piperidine rings is 1. The van der Waals surface area contributed by atoms with Crippen LogP contribution in [0.4, 0.5) is 10.5 Å². The predicted octanol–water partition coefficient (Wildman–Crippen LogP) is 2.19. The molecule has 160 valence electrons. The molecule has 29 heavy (non-hydrogen) atoms. The van der Waals surface area contributed by atoms with Crippen LogP contribution in [-0.2, 0) is 11.2 Å². The number of amides is 2. The van der Waals surface area contributed by atoms with Crippen molar-refractivity contribution in [2.24, 2.45) is 0 Å². The summed E-state index contributed by atoms with van der Waals surface area (Å²) in [6, 6.07) is 1.69. The van der Waals surface area contributed by atoms with Crippen molar-refractivity contribution in [3.63, 3.8) is 0 Å². The minimum absolute atomic E-state index is 0.0901. The van der Waals surface area contributed by atoms with Gasteiger partial charge in [0.15, 0.2) is 0 Å². The van der Waals surface area contributed by atoms with E-state index >= 15 is 0 Å². The Hall–Kier alpha value is -2.19. The molecule has 0 atom stereocenters. The van der Waals surface area contributed by atoms with Crippen molar-refractivity contribution >= 4 is 29.3 Å². The van der Waals surface area contributed by atoms with Crippen LogP contribution in [0.5, 0.6) is 5.75 Å². The van der Waals surface area contributed by atoms with E-state index in [9.17, 15) is 9.59 Å². The van der Waals surface area contributed by atoms with E-state index in [2.05, 4.69) is 15.5 Å². The van der Waals surface area contributed by atoms with E-state index in [0.717, 1.165) is 50.9 Å². The fourth-order valence-corrected chi connectivity index (χ4v) is 3.99. The molecule has 1 fully saturated rings. The lowest BCUT2D eigenvalue weighted by molar-refractivity contribution is 0.0905. The summed E-state index contributed by atoms with van der Waals surface area (Å²) >= 11 is 6.24. The van der Waals surface area contributed by atoms with Crippen molar-refractivity contribution in [2.75, 3.05) is 45.1 Å². The van der Waals surface area contributed by atoms with Crippen molar-refractivity contribution in [3.05, 3.63) is 22.2 Å². The van der Waals surface area contributed by atoms with Gasteiger partial charge in [-0.2, -0.15) is 0 Å². The quantitative estimate of drug-likeness (QED) is 0.604. The first-order valence-corrected chi connectivity index (χ1v) is 10.5. The second-order valence-electron chi connectivity index (χ2n) is 7.32. The number of nitrogens with one attached hydrogen (secondary N) is 2. The summed E-state index contributed by atoms with van der Waals surface area (Å²) in [5.41, 5.74) is 7.86. The smallest absolute Gasteiger partial charge is 0.407 e. The Kier molecular flexibility index (Phi) is 7.44. The number of hydrogen-bond acceptors (Lipinski definition) is 6. The number of benzene rings is 1. The third-order valence-corrected chi connectivity index (χ3v) is 5.64. The van der Waals surface area contributed by atoms with E-state index in [0.29, 0.717) is 41.8 Å². The van der Waals surface area contributed by atoms with Gasteiger partial charge < -0.3 is 30.7 Å². The average molecular weight is 425 g/mol. The van der Waals surface area contributed by atoms with E-state index in [1.165, 1.54) is 0 Å². The van der Waals surface area contributed by atoms with Gasteiger partial charge in [-0.05, 0) is 38.7 Å². The van der Waals surface area contributed by atoms with Gasteiger partial charge in [0.2, 0.25) is 0 Å². The van der Waals surface area contributed by atoms with Crippen LogP contribution in [0, 0.1) is 0 Å². The largest absolute Gasteiger partial charge is 0.492 e. The molecule has 0 radical (unpaired) electrons. The molecule has 2 heterocycles. The third kappa shape index (κ3) is 5.45. The third-order valence-electron chi connectivity index (χ3n) is 5.33. The van der Waals surface area contributed by atoms with Crippen LogP contribution in [0.1, 0.15) is 42.1 Å². The maximum Gasteiger partial charge on any atom is 0.407 e. The van der Waals surface area contributed by atoms with Gasteiger partial charge in [0.05, 0.1) is 29.5 Å². The fourth-order valence-electron chi connectivity index (χ4n) is 3.77. The molecule has 2 aliphatic heterocycles. The molecule has 2 aliphatic rings. The van der Waals surface area contributed by atoms with Gasteiger partial charge >= 0.3 is 6.09 Å². The summed E-state index contributed by atoms with van der Waals surface area (Å²) in [5.74, 6) is 0.394. The second-order valence-corrected chi connectivity index (χ2v) is 7.72. The first-order valence-electron chi connectivity index (χ1n) is 10.2. The van der Waals surface area contributed by atoms with Crippen LogP contribution >= 0.6 is 11.6 Å². The number of ether oxygens (including phenoxy) is 2. The Balaban J connectivity index is 1.50. The van der Waals surface area contributed by atoms with Gasteiger partial charge in [0.1, 0.15) is 5.75 Å². The number of likely N-dealkylation sites (tertiary alicyclic amines) is 1. The first-order chi connectivity index (χ1) is 14.0. The van der Waals surface area contributed by atoms with Gasteiger partial charge in [0, 0.05) is 37.8 Å². The summed E-state index contributed by atoms with van der Waals surface area (Å²) in [7, 11) is 0. The molecule has 0 saturated carbocycles. The summed E-state index contributed by atoms with van der Waals surface area (Å²) < 4.78 is 10.6. The highest BCUT2D eigenvalue weighted by Crippen LogP contribution is 2.38. The minimum Gasteiger partial charge on any atom is -0.492 e. The number of alkyl carbamates (subject to hydrolysis) is 1. The summed E-state index contributed by atoms with van der Waals surface area (Å²) in [5, 5.41) is 6.23. The molecule has 0 spiro atoms. The van der Waals surface area contributed by atoms with Crippen LogP contribution in [-0.4, -0.2) is 62.3 Å². The number of halogens is 1. The van der Waals surface area contributed by atoms with Crippen molar-refractivity contribution in [1.29, 1.82) is 0 Å². The zero-order chi connectivity index (χ0) is 20.8. The Morgan fingerprint density at radius 2 is 2.14 bits per heavy atom. The number of nitrogens with zero attached hydrogens (tertiary/aromatic N) is 1. The number of hydrogen-bond donors (Lipinski definition) is 3. The highest BCUT2D eigenvalue weighted by atomic mass is 35.5. The van der Waals surface area contributed by atoms with Crippen LogP contribution in [0.15, 0.2) is 6.07 Å². The SMILES string of the molecule is CCOC(=O)NCCN1CCC(NC(=O)c2cc(Cl)c(N)c3c2OCCC3)CC1. The van der Waals surface area contributed by atoms with E-state index in [1.54, 1.807) is 13.0 Å². The molecule has 1 aromatic rings. The average Bonchev–Trinajstić information content (AvgIpc) is 2.72. The van der Waals surface area contributed by atoms with Crippen molar-refractivity contribution < 1.29 is 19.1 Å². The number of nitrogens with two attached hydrogens (primary N) is 1. The van der Waals surface area contributed by atoms with Gasteiger partial charge in [-0.15, -0.1) is 0 Å². The van der Waals surface area contributed by atoms with Crippen molar-refractivity contribution in [2.45, 2.75) is 38.6 Å². The van der Waals surface area contributed by atoms with Crippen LogP contribution in [0.2, 0.25) is 5.02 Å². The van der Waals surface area contributed by atoms with Gasteiger partial charge in [-0.25, -0.2) is 4.79 Å².